The summed E-state index contributed by atoms with van der Waals surface area (Å²) >= 11 is 0. The van der Waals surface area contributed by atoms with Crippen molar-refractivity contribution in [3.63, 3.8) is 0 Å². The molecule has 1 aliphatic heterocycles. The van der Waals surface area contributed by atoms with Crippen LogP contribution in [0.15, 0.2) is 24.3 Å². The van der Waals surface area contributed by atoms with Gasteiger partial charge in [0, 0.05) is 12.2 Å². The van der Waals surface area contributed by atoms with Crippen LogP contribution in [0.1, 0.15) is 19.4 Å². The first kappa shape index (κ1) is 10.6. The van der Waals surface area contributed by atoms with E-state index in [0.29, 0.717) is 6.54 Å². The molecule has 76 valence electrons. The van der Waals surface area contributed by atoms with Crippen molar-refractivity contribution >= 4 is 11.7 Å². The zero-order valence-corrected chi connectivity index (χ0v) is 8.66. The molecule has 0 fully saturated rings. The predicted octanol–water partition coefficient (Wildman–Crippen LogP) is 2.15. The Morgan fingerprint density at radius 1 is 1.36 bits per heavy atom. The normalized spacial score (nSPS) is 12.9. The second kappa shape index (κ2) is 4.65. The van der Waals surface area contributed by atoms with Gasteiger partial charge in [-0.25, -0.2) is 4.79 Å². The molecule has 2 rings (SSSR count). The number of amides is 2. The van der Waals surface area contributed by atoms with Gasteiger partial charge in [0.25, 0.3) is 0 Å². The number of para-hydroxylation sites is 1. The van der Waals surface area contributed by atoms with Crippen LogP contribution in [0.5, 0.6) is 0 Å². The van der Waals surface area contributed by atoms with Gasteiger partial charge in [0.2, 0.25) is 0 Å². The summed E-state index contributed by atoms with van der Waals surface area (Å²) in [4.78, 5) is 12.5. The molecule has 0 aliphatic carbocycles. The summed E-state index contributed by atoms with van der Waals surface area (Å²) in [7, 11) is 0. The zero-order valence-electron chi connectivity index (χ0n) is 8.66. The van der Waals surface area contributed by atoms with Crippen LogP contribution in [0.3, 0.4) is 0 Å². The van der Waals surface area contributed by atoms with Crippen LogP contribution in [0.25, 0.3) is 0 Å². The molecule has 0 aromatic heterocycles. The molecule has 2 N–H and O–H groups in total. The first-order valence-electron chi connectivity index (χ1n) is 4.94. The number of carbonyl (C=O) groups is 1. The van der Waals surface area contributed by atoms with E-state index in [4.69, 9.17) is 5.73 Å². The monoisotopic (exact) mass is 192 g/mol. The van der Waals surface area contributed by atoms with E-state index in [1.54, 1.807) is 4.90 Å². The van der Waals surface area contributed by atoms with E-state index in [-0.39, 0.29) is 6.03 Å². The highest BCUT2D eigenvalue weighted by Gasteiger charge is 2.21. The fourth-order valence-corrected chi connectivity index (χ4v) is 1.57. The number of primary amides is 1. The van der Waals surface area contributed by atoms with Crippen molar-refractivity contribution in [3.8, 4) is 0 Å². The highest BCUT2D eigenvalue weighted by molar-refractivity contribution is 5.92. The first-order valence-corrected chi connectivity index (χ1v) is 4.94. The molecule has 0 radical (unpaired) electrons. The number of fused-ring (bicyclic) bond motifs is 1. The van der Waals surface area contributed by atoms with E-state index in [2.05, 4.69) is 0 Å². The van der Waals surface area contributed by atoms with Gasteiger partial charge >= 0.3 is 6.03 Å². The number of hydrogen-bond acceptors (Lipinski definition) is 1. The van der Waals surface area contributed by atoms with Gasteiger partial charge in [-0.3, -0.25) is 4.90 Å². The number of nitrogens with zero attached hydrogens (tertiary/aromatic N) is 1. The average molecular weight is 192 g/mol. The molecule has 3 nitrogen and oxygen atoms in total. The lowest BCUT2D eigenvalue weighted by Crippen LogP contribution is -2.33. The van der Waals surface area contributed by atoms with Gasteiger partial charge in [-0.2, -0.15) is 0 Å². The maximum atomic E-state index is 10.9. The molecule has 2 amide bonds. The van der Waals surface area contributed by atoms with Crippen LogP contribution in [0, 0.1) is 0 Å². The molecule has 0 atom stereocenters. The molecular formula is C11H16N2O. The maximum absolute atomic E-state index is 10.9. The Labute approximate surface area is 84.5 Å². The summed E-state index contributed by atoms with van der Waals surface area (Å²) in [5.74, 6) is 0. The second-order valence-corrected chi connectivity index (χ2v) is 2.87. The predicted molar refractivity (Wildman–Crippen MR) is 58.4 cm³/mol. The third-order valence-corrected chi connectivity index (χ3v) is 2.15. The van der Waals surface area contributed by atoms with Crippen molar-refractivity contribution < 1.29 is 4.79 Å². The molecule has 1 aliphatic rings. The van der Waals surface area contributed by atoms with Crippen molar-refractivity contribution in [3.05, 3.63) is 29.8 Å². The van der Waals surface area contributed by atoms with Gasteiger partial charge in [0.1, 0.15) is 0 Å². The largest absolute Gasteiger partial charge is 0.351 e. The van der Waals surface area contributed by atoms with Crippen molar-refractivity contribution in [2.45, 2.75) is 20.3 Å². The van der Waals surface area contributed by atoms with E-state index in [9.17, 15) is 4.79 Å². The smallest absolute Gasteiger partial charge is 0.319 e. The highest BCUT2D eigenvalue weighted by atomic mass is 16.2. The number of carbonyl (C=O) groups excluding carboxylic acids is 1. The lowest BCUT2D eigenvalue weighted by atomic mass is 10.2. The maximum Gasteiger partial charge on any atom is 0.319 e. The lowest BCUT2D eigenvalue weighted by molar-refractivity contribution is 0.254. The second-order valence-electron chi connectivity index (χ2n) is 2.87. The number of hydrogen-bond donors (Lipinski definition) is 1. The molecule has 0 saturated carbocycles. The molecule has 14 heavy (non-hydrogen) atoms. The Bertz CT molecular complexity index is 323. The third-order valence-electron chi connectivity index (χ3n) is 2.15. The van der Waals surface area contributed by atoms with Crippen LogP contribution in [-0.2, 0) is 6.42 Å². The van der Waals surface area contributed by atoms with Crippen molar-refractivity contribution in [2.24, 2.45) is 5.73 Å². The molecule has 0 bridgehead atoms. The molecule has 0 unspecified atom stereocenters. The zero-order chi connectivity index (χ0) is 10.6. The molecule has 1 heterocycles. The van der Waals surface area contributed by atoms with Gasteiger partial charge in [0.15, 0.2) is 0 Å². The van der Waals surface area contributed by atoms with E-state index >= 15 is 0 Å². The van der Waals surface area contributed by atoms with Crippen molar-refractivity contribution in [1.82, 2.24) is 0 Å². The van der Waals surface area contributed by atoms with Crippen LogP contribution in [0.2, 0.25) is 0 Å². The fourth-order valence-electron chi connectivity index (χ4n) is 1.57. The van der Waals surface area contributed by atoms with Crippen LogP contribution >= 0.6 is 0 Å². The van der Waals surface area contributed by atoms with E-state index < -0.39 is 0 Å². The van der Waals surface area contributed by atoms with Crippen molar-refractivity contribution in [1.29, 1.82) is 0 Å². The fraction of sp³-hybridized carbons (Fsp3) is 0.364. The molecule has 0 spiro atoms. The topological polar surface area (TPSA) is 46.3 Å². The summed E-state index contributed by atoms with van der Waals surface area (Å²) in [6, 6.07) is 7.48. The lowest BCUT2D eigenvalue weighted by Gasteiger charge is -2.12. The summed E-state index contributed by atoms with van der Waals surface area (Å²) in [6.45, 7) is 4.72. The number of nitrogens with two attached hydrogens (primary N) is 1. The van der Waals surface area contributed by atoms with Gasteiger partial charge in [-0.15, -0.1) is 0 Å². The van der Waals surface area contributed by atoms with Gasteiger partial charge in [0.05, 0.1) is 0 Å². The average Bonchev–Trinajstić information content (AvgIpc) is 2.64. The first-order chi connectivity index (χ1) is 6.79. The molecular weight excluding hydrogens is 176 g/mol. The summed E-state index contributed by atoms with van der Waals surface area (Å²) in [6.07, 6.45) is 0.916. The van der Waals surface area contributed by atoms with Crippen LogP contribution in [-0.4, -0.2) is 12.6 Å². The molecule has 1 aromatic rings. The van der Waals surface area contributed by atoms with E-state index in [1.165, 1.54) is 5.56 Å². The third kappa shape index (κ3) is 1.87. The Kier molecular flexibility index (Phi) is 3.51. The van der Waals surface area contributed by atoms with Gasteiger partial charge < -0.3 is 5.73 Å². The number of benzene rings is 1. The Morgan fingerprint density at radius 2 is 2.00 bits per heavy atom. The minimum atomic E-state index is -0.361. The minimum absolute atomic E-state index is 0.361. The number of urea groups is 1. The Morgan fingerprint density at radius 3 is 2.64 bits per heavy atom. The van der Waals surface area contributed by atoms with E-state index in [0.717, 1.165) is 12.1 Å². The Hall–Kier alpha value is -1.51. The van der Waals surface area contributed by atoms with Crippen LogP contribution in [0.4, 0.5) is 10.5 Å². The molecule has 0 saturated heterocycles. The Balaban J connectivity index is 0.000000461. The van der Waals surface area contributed by atoms with Crippen molar-refractivity contribution in [2.75, 3.05) is 11.4 Å². The molecule has 1 aromatic carbocycles. The van der Waals surface area contributed by atoms with Crippen LogP contribution < -0.4 is 10.6 Å². The van der Waals surface area contributed by atoms with Gasteiger partial charge in [-0.1, -0.05) is 32.0 Å². The minimum Gasteiger partial charge on any atom is -0.351 e. The molecule has 3 heteroatoms. The quantitative estimate of drug-likeness (QED) is 0.672. The SMILES string of the molecule is CC.NC(=O)N1CCc2ccccc21. The standard InChI is InChI=1S/C9H10N2O.C2H6/c10-9(12)11-6-5-7-3-1-2-4-8(7)11;1-2/h1-4H,5-6H2,(H2,10,12);1-2H3. The highest BCUT2D eigenvalue weighted by Crippen LogP contribution is 2.26. The number of anilines is 1. The van der Waals surface area contributed by atoms with Gasteiger partial charge in [-0.05, 0) is 18.1 Å². The summed E-state index contributed by atoms with van der Waals surface area (Å²) in [5, 5.41) is 0. The van der Waals surface area contributed by atoms with E-state index in [1.807, 2.05) is 38.1 Å². The number of rotatable bonds is 0. The summed E-state index contributed by atoms with van der Waals surface area (Å²) < 4.78 is 0. The summed E-state index contributed by atoms with van der Waals surface area (Å²) in [5.41, 5.74) is 7.37.